The van der Waals surface area contributed by atoms with Gasteiger partial charge in [0.1, 0.15) is 0 Å². The van der Waals surface area contributed by atoms with Gasteiger partial charge in [0.05, 0.1) is 12.5 Å². The molecule has 2 heterocycles. The van der Waals surface area contributed by atoms with E-state index >= 15 is 0 Å². The first-order valence-electron chi connectivity index (χ1n) is 6.87. The van der Waals surface area contributed by atoms with E-state index in [4.69, 9.17) is 4.74 Å². The van der Waals surface area contributed by atoms with Crippen LogP contribution in [0.25, 0.3) is 0 Å². The van der Waals surface area contributed by atoms with Gasteiger partial charge in [-0.1, -0.05) is 13.8 Å². The summed E-state index contributed by atoms with van der Waals surface area (Å²) < 4.78 is 5.33. The predicted molar refractivity (Wildman–Crippen MR) is 66.8 cm³/mol. The van der Waals surface area contributed by atoms with E-state index in [1.165, 1.54) is 0 Å². The Labute approximate surface area is 104 Å². The minimum Gasteiger partial charge on any atom is -0.381 e. The lowest BCUT2D eigenvalue weighted by Crippen LogP contribution is -2.59. The van der Waals surface area contributed by atoms with Crippen molar-refractivity contribution in [2.75, 3.05) is 26.3 Å². The van der Waals surface area contributed by atoms with Gasteiger partial charge in [0.2, 0.25) is 5.91 Å². The number of amides is 1. The molecule has 0 spiro atoms. The van der Waals surface area contributed by atoms with Gasteiger partial charge in [-0.2, -0.15) is 0 Å². The summed E-state index contributed by atoms with van der Waals surface area (Å²) >= 11 is 0. The van der Waals surface area contributed by atoms with Gasteiger partial charge in [-0.3, -0.25) is 4.79 Å². The van der Waals surface area contributed by atoms with Crippen molar-refractivity contribution < 1.29 is 9.53 Å². The molecule has 2 aliphatic rings. The summed E-state index contributed by atoms with van der Waals surface area (Å²) in [5.74, 6) is 0.425. The molecule has 3 atom stereocenters. The van der Waals surface area contributed by atoms with Gasteiger partial charge in [-0.15, -0.1) is 0 Å². The zero-order valence-corrected chi connectivity index (χ0v) is 10.9. The fourth-order valence-electron chi connectivity index (χ4n) is 2.74. The van der Waals surface area contributed by atoms with E-state index < -0.39 is 0 Å². The van der Waals surface area contributed by atoms with Crippen LogP contribution in [0.4, 0.5) is 0 Å². The topological polar surface area (TPSA) is 41.6 Å². The van der Waals surface area contributed by atoms with Crippen LogP contribution in [0, 0.1) is 5.92 Å². The van der Waals surface area contributed by atoms with Crippen molar-refractivity contribution in [1.82, 2.24) is 10.2 Å². The van der Waals surface area contributed by atoms with Crippen molar-refractivity contribution >= 4 is 5.91 Å². The van der Waals surface area contributed by atoms with Crippen molar-refractivity contribution in [1.29, 1.82) is 0 Å². The van der Waals surface area contributed by atoms with Gasteiger partial charge in [0, 0.05) is 31.8 Å². The molecule has 98 valence electrons. The molecule has 0 saturated carbocycles. The normalized spacial score (nSPS) is 34.0. The number of hydrogen-bond donors (Lipinski definition) is 1. The summed E-state index contributed by atoms with van der Waals surface area (Å²) in [5, 5.41) is 3.52. The van der Waals surface area contributed by atoms with E-state index in [2.05, 4.69) is 24.1 Å². The summed E-state index contributed by atoms with van der Waals surface area (Å²) in [5.41, 5.74) is 0. The number of nitrogens with one attached hydrogen (secondary N) is 1. The molecule has 3 unspecified atom stereocenters. The molecule has 2 saturated heterocycles. The van der Waals surface area contributed by atoms with Gasteiger partial charge >= 0.3 is 0 Å². The molecular weight excluding hydrogens is 216 g/mol. The van der Waals surface area contributed by atoms with Crippen LogP contribution in [-0.2, 0) is 9.53 Å². The van der Waals surface area contributed by atoms with Crippen LogP contribution in [0.2, 0.25) is 0 Å². The number of nitrogens with zero attached hydrogens (tertiary/aromatic N) is 1. The second kappa shape index (κ2) is 5.83. The fourth-order valence-corrected chi connectivity index (χ4v) is 2.74. The van der Waals surface area contributed by atoms with Crippen LogP contribution in [0.15, 0.2) is 0 Å². The van der Waals surface area contributed by atoms with Crippen LogP contribution in [0.3, 0.4) is 0 Å². The zero-order chi connectivity index (χ0) is 12.3. The molecule has 1 N–H and O–H groups in total. The number of ether oxygens (including phenoxy) is 1. The Bertz CT molecular complexity index is 264. The second-order valence-electron chi connectivity index (χ2n) is 5.13. The molecule has 0 aromatic carbocycles. The third-order valence-corrected chi connectivity index (χ3v) is 4.03. The van der Waals surface area contributed by atoms with Crippen LogP contribution < -0.4 is 5.32 Å². The summed E-state index contributed by atoms with van der Waals surface area (Å²) in [6, 6.07) is 0.829. The Balaban J connectivity index is 2.00. The molecule has 0 bridgehead atoms. The Morgan fingerprint density at radius 2 is 2.24 bits per heavy atom. The standard InChI is InChI=1S/C13H24N2O2/c1-3-11-8-15(12(4-2)7-14-11)13(16)10-5-6-17-9-10/h10-12,14H,3-9H2,1-2H3. The molecule has 2 fully saturated rings. The average Bonchev–Trinajstić information content (AvgIpc) is 2.91. The monoisotopic (exact) mass is 240 g/mol. The molecule has 4 nitrogen and oxygen atoms in total. The Kier molecular flexibility index (Phi) is 4.40. The number of rotatable bonds is 3. The first-order chi connectivity index (χ1) is 8.26. The molecule has 0 aromatic heterocycles. The van der Waals surface area contributed by atoms with Gasteiger partial charge < -0.3 is 15.0 Å². The predicted octanol–water partition coefficient (Wildman–Crippen LogP) is 1.01. The van der Waals surface area contributed by atoms with Gasteiger partial charge in [-0.05, 0) is 19.3 Å². The summed E-state index contributed by atoms with van der Waals surface area (Å²) in [6.07, 6.45) is 3.01. The van der Waals surface area contributed by atoms with E-state index in [1.54, 1.807) is 0 Å². The SMILES string of the molecule is CCC1CN(C(=O)C2CCOC2)C(CC)CN1. The van der Waals surface area contributed by atoms with Crippen molar-refractivity contribution in [3.8, 4) is 0 Å². The molecule has 17 heavy (non-hydrogen) atoms. The van der Waals surface area contributed by atoms with Gasteiger partial charge in [0.25, 0.3) is 0 Å². The van der Waals surface area contributed by atoms with E-state index in [0.717, 1.165) is 39.0 Å². The quantitative estimate of drug-likeness (QED) is 0.800. The van der Waals surface area contributed by atoms with Crippen molar-refractivity contribution in [2.24, 2.45) is 5.92 Å². The van der Waals surface area contributed by atoms with E-state index in [-0.39, 0.29) is 5.92 Å². The fraction of sp³-hybridized carbons (Fsp3) is 0.923. The summed E-state index contributed by atoms with van der Waals surface area (Å²) in [7, 11) is 0. The number of hydrogen-bond acceptors (Lipinski definition) is 3. The number of carbonyl (C=O) groups is 1. The molecular formula is C13H24N2O2. The van der Waals surface area contributed by atoms with E-state index in [9.17, 15) is 4.79 Å². The molecule has 1 amide bonds. The number of carbonyl (C=O) groups excluding carboxylic acids is 1. The van der Waals surface area contributed by atoms with Crippen LogP contribution in [0.5, 0.6) is 0 Å². The van der Waals surface area contributed by atoms with Crippen LogP contribution >= 0.6 is 0 Å². The lowest BCUT2D eigenvalue weighted by atomic mass is 10.0. The maximum Gasteiger partial charge on any atom is 0.228 e. The van der Waals surface area contributed by atoms with Crippen LogP contribution in [0.1, 0.15) is 33.1 Å². The third kappa shape index (κ3) is 2.80. The van der Waals surface area contributed by atoms with E-state index in [0.29, 0.717) is 24.6 Å². The minimum absolute atomic E-state index is 0.111. The molecule has 0 aliphatic carbocycles. The van der Waals surface area contributed by atoms with Gasteiger partial charge in [-0.25, -0.2) is 0 Å². The smallest absolute Gasteiger partial charge is 0.228 e. The molecule has 0 aromatic rings. The number of piperazine rings is 1. The maximum absolute atomic E-state index is 12.4. The molecule has 4 heteroatoms. The second-order valence-corrected chi connectivity index (χ2v) is 5.13. The molecule has 2 aliphatic heterocycles. The highest BCUT2D eigenvalue weighted by Crippen LogP contribution is 2.20. The molecule has 0 radical (unpaired) electrons. The molecule has 2 rings (SSSR count). The summed E-state index contributed by atoms with van der Waals surface area (Å²) in [4.78, 5) is 14.6. The average molecular weight is 240 g/mol. The summed E-state index contributed by atoms with van der Waals surface area (Å²) in [6.45, 7) is 7.50. The minimum atomic E-state index is 0.111. The zero-order valence-electron chi connectivity index (χ0n) is 10.9. The largest absolute Gasteiger partial charge is 0.381 e. The van der Waals surface area contributed by atoms with Crippen molar-refractivity contribution in [3.05, 3.63) is 0 Å². The van der Waals surface area contributed by atoms with Crippen LogP contribution in [-0.4, -0.2) is 49.2 Å². The lowest BCUT2D eigenvalue weighted by molar-refractivity contribution is -0.139. The Morgan fingerprint density at radius 1 is 1.41 bits per heavy atom. The van der Waals surface area contributed by atoms with E-state index in [1.807, 2.05) is 0 Å². The maximum atomic E-state index is 12.4. The van der Waals surface area contributed by atoms with Crippen molar-refractivity contribution in [2.45, 2.75) is 45.2 Å². The Morgan fingerprint density at radius 3 is 2.82 bits per heavy atom. The first-order valence-corrected chi connectivity index (χ1v) is 6.87. The highest BCUT2D eigenvalue weighted by atomic mass is 16.5. The van der Waals surface area contributed by atoms with Gasteiger partial charge in [0.15, 0.2) is 0 Å². The Hall–Kier alpha value is -0.610. The lowest BCUT2D eigenvalue weighted by Gasteiger charge is -2.41. The third-order valence-electron chi connectivity index (χ3n) is 4.03. The first kappa shape index (κ1) is 12.8. The highest BCUT2D eigenvalue weighted by molar-refractivity contribution is 5.79. The highest BCUT2D eigenvalue weighted by Gasteiger charge is 2.34. The van der Waals surface area contributed by atoms with Crippen molar-refractivity contribution in [3.63, 3.8) is 0 Å².